The standard InChI is InChI=1S/C16H16O/c1-12-6-8-14(9-7-12)16-11-10-13-4-2-3-5-15(13)17-16/h2-9,16H,10-11H2,1H3/t16-/m0/s1. The van der Waals surface area contributed by atoms with Crippen molar-refractivity contribution in [1.82, 2.24) is 0 Å². The zero-order valence-corrected chi connectivity index (χ0v) is 10.0. The Labute approximate surface area is 102 Å². The number of fused-ring (bicyclic) bond motifs is 1. The Balaban J connectivity index is 1.86. The lowest BCUT2D eigenvalue weighted by atomic mass is 9.97. The molecular weight excluding hydrogens is 208 g/mol. The normalized spacial score (nSPS) is 18.3. The van der Waals surface area contributed by atoms with Gasteiger partial charge in [0.2, 0.25) is 0 Å². The van der Waals surface area contributed by atoms with Crippen LogP contribution in [0.5, 0.6) is 5.75 Å². The van der Waals surface area contributed by atoms with Crippen LogP contribution in [0.4, 0.5) is 0 Å². The van der Waals surface area contributed by atoms with E-state index >= 15 is 0 Å². The molecule has 1 atom stereocenters. The second-order valence-electron chi connectivity index (χ2n) is 4.66. The van der Waals surface area contributed by atoms with Crippen LogP contribution < -0.4 is 4.74 Å². The van der Waals surface area contributed by atoms with E-state index < -0.39 is 0 Å². The first-order chi connectivity index (χ1) is 8.33. The van der Waals surface area contributed by atoms with E-state index in [1.807, 2.05) is 6.07 Å². The fourth-order valence-corrected chi connectivity index (χ4v) is 2.34. The van der Waals surface area contributed by atoms with Crippen molar-refractivity contribution >= 4 is 0 Å². The van der Waals surface area contributed by atoms with E-state index in [0.29, 0.717) is 0 Å². The van der Waals surface area contributed by atoms with Gasteiger partial charge < -0.3 is 4.74 Å². The maximum Gasteiger partial charge on any atom is 0.124 e. The maximum atomic E-state index is 6.06. The quantitative estimate of drug-likeness (QED) is 0.709. The minimum Gasteiger partial charge on any atom is -0.485 e. The van der Waals surface area contributed by atoms with Crippen LogP contribution in [0, 0.1) is 6.92 Å². The van der Waals surface area contributed by atoms with Crippen molar-refractivity contribution in [3.8, 4) is 5.75 Å². The van der Waals surface area contributed by atoms with Crippen LogP contribution in [0.1, 0.15) is 29.2 Å². The van der Waals surface area contributed by atoms with Crippen LogP contribution in [-0.2, 0) is 6.42 Å². The van der Waals surface area contributed by atoms with Crippen molar-refractivity contribution < 1.29 is 4.74 Å². The molecule has 0 radical (unpaired) electrons. The molecule has 0 N–H and O–H groups in total. The first-order valence-corrected chi connectivity index (χ1v) is 6.14. The van der Waals surface area contributed by atoms with Gasteiger partial charge in [-0.2, -0.15) is 0 Å². The molecular formula is C16H16O. The summed E-state index contributed by atoms with van der Waals surface area (Å²) in [6.45, 7) is 2.11. The number of hydrogen-bond donors (Lipinski definition) is 0. The fraction of sp³-hybridized carbons (Fsp3) is 0.250. The highest BCUT2D eigenvalue weighted by molar-refractivity contribution is 5.36. The van der Waals surface area contributed by atoms with Crippen molar-refractivity contribution in [2.45, 2.75) is 25.9 Å². The molecule has 0 aliphatic carbocycles. The average Bonchev–Trinajstić information content (AvgIpc) is 2.39. The van der Waals surface area contributed by atoms with Crippen molar-refractivity contribution in [2.75, 3.05) is 0 Å². The molecule has 86 valence electrons. The number of benzene rings is 2. The molecule has 1 heterocycles. The Morgan fingerprint density at radius 2 is 1.76 bits per heavy atom. The van der Waals surface area contributed by atoms with Gasteiger partial charge in [0, 0.05) is 0 Å². The molecule has 0 spiro atoms. The molecule has 2 aromatic carbocycles. The molecule has 0 aromatic heterocycles. The second kappa shape index (κ2) is 4.25. The van der Waals surface area contributed by atoms with Crippen LogP contribution in [-0.4, -0.2) is 0 Å². The summed E-state index contributed by atoms with van der Waals surface area (Å²) < 4.78 is 6.06. The third-order valence-electron chi connectivity index (χ3n) is 3.37. The summed E-state index contributed by atoms with van der Waals surface area (Å²) in [5.74, 6) is 1.05. The van der Waals surface area contributed by atoms with Gasteiger partial charge in [-0.1, -0.05) is 48.0 Å². The van der Waals surface area contributed by atoms with Crippen LogP contribution in [0.2, 0.25) is 0 Å². The van der Waals surface area contributed by atoms with E-state index in [1.54, 1.807) is 0 Å². The Hall–Kier alpha value is -1.76. The molecule has 1 heteroatoms. The summed E-state index contributed by atoms with van der Waals surface area (Å²) in [5, 5.41) is 0. The smallest absolute Gasteiger partial charge is 0.124 e. The molecule has 1 aliphatic rings. The summed E-state index contributed by atoms with van der Waals surface area (Å²) >= 11 is 0. The number of aryl methyl sites for hydroxylation is 2. The predicted molar refractivity (Wildman–Crippen MR) is 69.3 cm³/mol. The molecule has 0 amide bonds. The molecule has 0 fully saturated rings. The Morgan fingerprint density at radius 1 is 1.00 bits per heavy atom. The maximum absolute atomic E-state index is 6.06. The van der Waals surface area contributed by atoms with Gasteiger partial charge in [-0.3, -0.25) is 0 Å². The summed E-state index contributed by atoms with van der Waals surface area (Å²) in [5.41, 5.74) is 3.91. The number of ether oxygens (including phenoxy) is 1. The summed E-state index contributed by atoms with van der Waals surface area (Å²) in [7, 11) is 0. The van der Waals surface area contributed by atoms with Crippen molar-refractivity contribution in [2.24, 2.45) is 0 Å². The van der Waals surface area contributed by atoms with E-state index in [1.165, 1.54) is 16.7 Å². The van der Waals surface area contributed by atoms with Gasteiger partial charge in [0.05, 0.1) is 0 Å². The van der Waals surface area contributed by atoms with Crippen LogP contribution in [0.25, 0.3) is 0 Å². The van der Waals surface area contributed by atoms with Gasteiger partial charge in [-0.15, -0.1) is 0 Å². The van der Waals surface area contributed by atoms with Crippen molar-refractivity contribution in [3.63, 3.8) is 0 Å². The topological polar surface area (TPSA) is 9.23 Å². The van der Waals surface area contributed by atoms with Gasteiger partial charge in [0.1, 0.15) is 11.9 Å². The molecule has 1 aliphatic heterocycles. The molecule has 2 aromatic rings. The Kier molecular flexibility index (Phi) is 2.60. The molecule has 0 bridgehead atoms. The minimum atomic E-state index is 0.213. The van der Waals surface area contributed by atoms with E-state index in [9.17, 15) is 0 Å². The Morgan fingerprint density at radius 3 is 2.59 bits per heavy atom. The number of rotatable bonds is 1. The summed E-state index contributed by atoms with van der Waals surface area (Å²) in [6.07, 6.45) is 2.39. The summed E-state index contributed by atoms with van der Waals surface area (Å²) in [4.78, 5) is 0. The molecule has 0 saturated heterocycles. The number of para-hydroxylation sites is 1. The summed E-state index contributed by atoms with van der Waals surface area (Å²) in [6, 6.07) is 17.0. The van der Waals surface area contributed by atoms with Gasteiger partial charge in [-0.25, -0.2) is 0 Å². The monoisotopic (exact) mass is 224 g/mol. The third kappa shape index (κ3) is 2.05. The lowest BCUT2D eigenvalue weighted by Crippen LogP contribution is -2.14. The molecule has 0 unspecified atom stereocenters. The van der Waals surface area contributed by atoms with Crippen LogP contribution >= 0.6 is 0 Å². The molecule has 17 heavy (non-hydrogen) atoms. The minimum absolute atomic E-state index is 0.213. The highest BCUT2D eigenvalue weighted by atomic mass is 16.5. The molecule has 3 rings (SSSR count). The van der Waals surface area contributed by atoms with Crippen LogP contribution in [0.3, 0.4) is 0 Å². The first kappa shape index (κ1) is 10.4. The SMILES string of the molecule is Cc1ccc([C@@H]2CCc3ccccc3O2)cc1. The molecule has 1 nitrogen and oxygen atoms in total. The molecule has 0 saturated carbocycles. The van der Waals surface area contributed by atoms with Gasteiger partial charge in [0.15, 0.2) is 0 Å². The van der Waals surface area contributed by atoms with Gasteiger partial charge >= 0.3 is 0 Å². The van der Waals surface area contributed by atoms with E-state index in [0.717, 1.165) is 18.6 Å². The van der Waals surface area contributed by atoms with Crippen molar-refractivity contribution in [1.29, 1.82) is 0 Å². The van der Waals surface area contributed by atoms with E-state index in [4.69, 9.17) is 4.74 Å². The largest absolute Gasteiger partial charge is 0.485 e. The lowest BCUT2D eigenvalue weighted by Gasteiger charge is -2.26. The van der Waals surface area contributed by atoms with Gasteiger partial charge in [0.25, 0.3) is 0 Å². The number of hydrogen-bond acceptors (Lipinski definition) is 1. The predicted octanol–water partition coefficient (Wildman–Crippen LogP) is 4.06. The second-order valence-corrected chi connectivity index (χ2v) is 4.66. The highest BCUT2D eigenvalue weighted by Crippen LogP contribution is 2.34. The van der Waals surface area contributed by atoms with E-state index in [2.05, 4.69) is 49.4 Å². The zero-order valence-electron chi connectivity index (χ0n) is 10.0. The highest BCUT2D eigenvalue weighted by Gasteiger charge is 2.20. The van der Waals surface area contributed by atoms with E-state index in [-0.39, 0.29) is 6.10 Å². The lowest BCUT2D eigenvalue weighted by molar-refractivity contribution is 0.176. The fourth-order valence-electron chi connectivity index (χ4n) is 2.34. The Bertz CT molecular complexity index is 513. The van der Waals surface area contributed by atoms with Gasteiger partial charge in [-0.05, 0) is 37.0 Å². The zero-order chi connectivity index (χ0) is 11.7. The van der Waals surface area contributed by atoms with Crippen molar-refractivity contribution in [3.05, 3.63) is 65.2 Å². The average molecular weight is 224 g/mol. The van der Waals surface area contributed by atoms with Crippen LogP contribution in [0.15, 0.2) is 48.5 Å². The first-order valence-electron chi connectivity index (χ1n) is 6.14. The third-order valence-corrected chi connectivity index (χ3v) is 3.37.